The molecule has 0 spiro atoms. The van der Waals surface area contributed by atoms with Crippen LogP contribution in [0.15, 0.2) is 53.7 Å². The highest BCUT2D eigenvalue weighted by atomic mass is 127. The topological polar surface area (TPSA) is 61.4 Å². The third kappa shape index (κ3) is 6.28. The van der Waals surface area contributed by atoms with Crippen molar-refractivity contribution in [3.05, 3.63) is 65.6 Å². The lowest BCUT2D eigenvalue weighted by atomic mass is 10.1. The number of hydrogen-bond donors (Lipinski definition) is 3. The monoisotopic (exact) mass is 518 g/mol. The average Bonchev–Trinajstić information content (AvgIpc) is 3.07. The van der Waals surface area contributed by atoms with Crippen molar-refractivity contribution in [2.75, 3.05) is 13.6 Å². The van der Waals surface area contributed by atoms with Gasteiger partial charge in [-0.3, -0.25) is 4.99 Å². The lowest BCUT2D eigenvalue weighted by Gasteiger charge is -2.14. The number of nitrogens with zero attached hydrogens (tertiary/aromatic N) is 1. The molecule has 0 radical (unpaired) electrons. The van der Waals surface area contributed by atoms with Crippen LogP contribution in [0.4, 0.5) is 13.2 Å². The number of alkyl halides is 2. The molecule has 29 heavy (non-hydrogen) atoms. The molecule has 2 aromatic carbocycles. The van der Waals surface area contributed by atoms with Crippen LogP contribution >= 0.6 is 24.0 Å². The van der Waals surface area contributed by atoms with Gasteiger partial charge in [-0.15, -0.1) is 24.0 Å². The number of guanidine groups is 1. The Morgan fingerprint density at radius 3 is 2.69 bits per heavy atom. The maximum atomic E-state index is 13.3. The Hall–Kier alpha value is -2.43. The normalized spacial score (nSPS) is 11.4. The molecule has 0 unspecified atom stereocenters. The number of H-pyrrole nitrogens is 1. The fraction of sp³-hybridized carbons (Fsp3) is 0.250. The second kappa shape index (κ2) is 10.9. The van der Waals surface area contributed by atoms with E-state index in [9.17, 15) is 13.2 Å². The number of benzene rings is 2. The van der Waals surface area contributed by atoms with E-state index in [1.54, 1.807) is 31.3 Å². The lowest BCUT2D eigenvalue weighted by Crippen LogP contribution is -2.37. The number of ether oxygens (including phenoxy) is 1. The molecule has 0 fully saturated rings. The fourth-order valence-corrected chi connectivity index (χ4v) is 2.94. The first kappa shape index (κ1) is 22.9. The van der Waals surface area contributed by atoms with Gasteiger partial charge in [-0.1, -0.05) is 18.2 Å². The van der Waals surface area contributed by atoms with Crippen molar-refractivity contribution >= 4 is 40.8 Å². The molecule has 0 saturated carbocycles. The Balaban J connectivity index is 0.00000300. The van der Waals surface area contributed by atoms with E-state index in [-0.39, 0.29) is 42.1 Å². The molecule has 3 rings (SSSR count). The van der Waals surface area contributed by atoms with E-state index >= 15 is 0 Å². The SMILES string of the molecule is CN=C(NCCc1c[nH]c2cc(F)ccc12)NCc1ccccc1OC(F)F.I. The Kier molecular flexibility index (Phi) is 8.62. The smallest absolute Gasteiger partial charge is 0.387 e. The van der Waals surface area contributed by atoms with Crippen molar-refractivity contribution in [2.45, 2.75) is 19.6 Å². The van der Waals surface area contributed by atoms with Gasteiger partial charge < -0.3 is 20.4 Å². The number of nitrogens with one attached hydrogen (secondary N) is 3. The summed E-state index contributed by atoms with van der Waals surface area (Å²) in [5.41, 5.74) is 2.42. The van der Waals surface area contributed by atoms with Crippen molar-refractivity contribution in [1.29, 1.82) is 0 Å². The summed E-state index contributed by atoms with van der Waals surface area (Å²) in [4.78, 5) is 7.20. The van der Waals surface area contributed by atoms with Crippen LogP contribution in [-0.2, 0) is 13.0 Å². The molecular formula is C20H22F3IN4O. The first-order chi connectivity index (χ1) is 13.6. The van der Waals surface area contributed by atoms with Gasteiger partial charge in [0.15, 0.2) is 5.96 Å². The van der Waals surface area contributed by atoms with E-state index in [0.29, 0.717) is 24.5 Å². The molecule has 3 N–H and O–H groups in total. The zero-order valence-electron chi connectivity index (χ0n) is 15.7. The molecule has 5 nitrogen and oxygen atoms in total. The predicted molar refractivity (Wildman–Crippen MR) is 119 cm³/mol. The lowest BCUT2D eigenvalue weighted by molar-refractivity contribution is -0.0504. The largest absolute Gasteiger partial charge is 0.434 e. The summed E-state index contributed by atoms with van der Waals surface area (Å²) >= 11 is 0. The van der Waals surface area contributed by atoms with Crippen LogP contribution in [0.3, 0.4) is 0 Å². The number of halogens is 4. The van der Waals surface area contributed by atoms with Gasteiger partial charge in [0.05, 0.1) is 0 Å². The third-order valence-electron chi connectivity index (χ3n) is 4.27. The highest BCUT2D eigenvalue weighted by molar-refractivity contribution is 14.0. The number of aliphatic imine (C=N–C) groups is 1. The van der Waals surface area contributed by atoms with Crippen LogP contribution in [0.25, 0.3) is 10.9 Å². The Morgan fingerprint density at radius 2 is 1.93 bits per heavy atom. The van der Waals surface area contributed by atoms with Crippen LogP contribution in [0.5, 0.6) is 5.75 Å². The van der Waals surface area contributed by atoms with Crippen LogP contribution in [0.2, 0.25) is 0 Å². The number of fused-ring (bicyclic) bond motifs is 1. The molecule has 3 aromatic rings. The van der Waals surface area contributed by atoms with Gasteiger partial charge in [0.25, 0.3) is 0 Å². The van der Waals surface area contributed by atoms with Crippen molar-refractivity contribution in [1.82, 2.24) is 15.6 Å². The molecule has 0 atom stereocenters. The number of aromatic nitrogens is 1. The minimum atomic E-state index is -2.87. The molecule has 0 aliphatic rings. The summed E-state index contributed by atoms with van der Waals surface area (Å²) in [7, 11) is 1.63. The van der Waals surface area contributed by atoms with Crippen LogP contribution in [0.1, 0.15) is 11.1 Å². The molecule has 1 heterocycles. The summed E-state index contributed by atoms with van der Waals surface area (Å²) in [5.74, 6) is 0.393. The average molecular weight is 518 g/mol. The van der Waals surface area contributed by atoms with Gasteiger partial charge in [-0.25, -0.2) is 4.39 Å². The second-order valence-electron chi connectivity index (χ2n) is 6.09. The molecule has 156 valence electrons. The van der Waals surface area contributed by atoms with E-state index in [1.807, 2.05) is 6.20 Å². The van der Waals surface area contributed by atoms with E-state index in [0.717, 1.165) is 16.5 Å². The van der Waals surface area contributed by atoms with Crippen LogP contribution in [-0.4, -0.2) is 31.1 Å². The van der Waals surface area contributed by atoms with Gasteiger partial charge >= 0.3 is 6.61 Å². The summed E-state index contributed by atoms with van der Waals surface area (Å²) in [6.07, 6.45) is 2.57. The van der Waals surface area contributed by atoms with E-state index in [2.05, 4.69) is 25.3 Å². The summed E-state index contributed by atoms with van der Waals surface area (Å²) in [6, 6.07) is 11.3. The molecular weight excluding hydrogens is 496 g/mol. The predicted octanol–water partition coefficient (Wildman–Crippen LogP) is 4.43. The van der Waals surface area contributed by atoms with Crippen LogP contribution < -0.4 is 15.4 Å². The van der Waals surface area contributed by atoms with Gasteiger partial charge in [0, 0.05) is 42.8 Å². The molecule has 9 heteroatoms. The zero-order valence-corrected chi connectivity index (χ0v) is 18.0. The Bertz CT molecular complexity index is 962. The van der Waals surface area contributed by atoms with Crippen molar-refractivity contribution in [2.24, 2.45) is 4.99 Å². The Morgan fingerprint density at radius 1 is 1.14 bits per heavy atom. The van der Waals surface area contributed by atoms with Gasteiger partial charge in [0.2, 0.25) is 0 Å². The number of aromatic amines is 1. The van der Waals surface area contributed by atoms with E-state index in [1.165, 1.54) is 18.2 Å². The highest BCUT2D eigenvalue weighted by Gasteiger charge is 2.10. The third-order valence-corrected chi connectivity index (χ3v) is 4.27. The molecule has 0 saturated heterocycles. The first-order valence-corrected chi connectivity index (χ1v) is 8.79. The molecule has 0 amide bonds. The number of para-hydroxylation sites is 1. The quantitative estimate of drug-likeness (QED) is 0.247. The Labute approximate surface area is 183 Å². The summed E-state index contributed by atoms with van der Waals surface area (Å²) in [5, 5.41) is 7.23. The minimum Gasteiger partial charge on any atom is -0.434 e. The van der Waals surface area contributed by atoms with E-state index in [4.69, 9.17) is 0 Å². The van der Waals surface area contributed by atoms with Crippen molar-refractivity contribution in [3.63, 3.8) is 0 Å². The zero-order chi connectivity index (χ0) is 19.9. The number of hydrogen-bond acceptors (Lipinski definition) is 2. The van der Waals surface area contributed by atoms with Crippen molar-refractivity contribution < 1.29 is 17.9 Å². The molecule has 0 aliphatic heterocycles. The van der Waals surface area contributed by atoms with Crippen LogP contribution in [0, 0.1) is 5.82 Å². The minimum absolute atomic E-state index is 0. The number of rotatable bonds is 7. The highest BCUT2D eigenvalue weighted by Crippen LogP contribution is 2.20. The van der Waals surface area contributed by atoms with Gasteiger partial charge in [0.1, 0.15) is 11.6 Å². The second-order valence-corrected chi connectivity index (χ2v) is 6.09. The maximum absolute atomic E-state index is 13.3. The first-order valence-electron chi connectivity index (χ1n) is 8.79. The maximum Gasteiger partial charge on any atom is 0.387 e. The molecule has 1 aromatic heterocycles. The van der Waals surface area contributed by atoms with Gasteiger partial charge in [-0.2, -0.15) is 8.78 Å². The van der Waals surface area contributed by atoms with Gasteiger partial charge in [-0.05, 0) is 36.2 Å². The van der Waals surface area contributed by atoms with Crippen molar-refractivity contribution in [3.8, 4) is 5.75 Å². The fourth-order valence-electron chi connectivity index (χ4n) is 2.94. The molecule has 0 bridgehead atoms. The summed E-state index contributed by atoms with van der Waals surface area (Å²) in [6.45, 7) is -1.99. The summed E-state index contributed by atoms with van der Waals surface area (Å²) < 4.78 is 42.8. The standard InChI is InChI=1S/C20H21F3N4O.HI/c1-24-20(27-12-14-4-2-3-5-18(14)28-19(22)23)25-9-8-13-11-26-17-10-15(21)6-7-16(13)17;/h2-7,10-11,19,26H,8-9,12H2,1H3,(H2,24,25,27);1H. The molecule has 0 aliphatic carbocycles. The van der Waals surface area contributed by atoms with E-state index < -0.39 is 6.61 Å².